The second-order valence-electron chi connectivity index (χ2n) is 5.18. The van der Waals surface area contributed by atoms with Gasteiger partial charge in [0.05, 0.1) is 12.3 Å². The molecule has 7 heteroatoms. The summed E-state index contributed by atoms with van der Waals surface area (Å²) >= 11 is 0. The number of nitrogens with two attached hydrogens (primary N) is 1. The van der Waals surface area contributed by atoms with Crippen LogP contribution in [-0.2, 0) is 22.1 Å². The summed E-state index contributed by atoms with van der Waals surface area (Å²) in [6, 6.07) is 13.2. The molecule has 2 rings (SSSR count). The van der Waals surface area contributed by atoms with Crippen molar-refractivity contribution in [1.82, 2.24) is 0 Å². The first-order valence-electron chi connectivity index (χ1n) is 6.90. The highest BCUT2D eigenvalue weighted by Gasteiger charge is 2.10. The maximum absolute atomic E-state index is 13.4. The van der Waals surface area contributed by atoms with Crippen LogP contribution in [0.5, 0.6) is 0 Å². The molecule has 2 aromatic rings. The topological polar surface area (TPSA) is 84.5 Å². The summed E-state index contributed by atoms with van der Waals surface area (Å²) in [6.45, 7) is 0.0915. The van der Waals surface area contributed by atoms with Crippen LogP contribution in [0, 0.1) is 5.82 Å². The highest BCUT2D eigenvalue weighted by atomic mass is 32.2. The average Bonchev–Trinajstić information content (AvgIpc) is 2.47. The van der Waals surface area contributed by atoms with Crippen LogP contribution in [0.2, 0.25) is 0 Å². The number of hydrogen-bond donors (Lipinski definition) is 2. The lowest BCUT2D eigenvalue weighted by molar-refractivity contribution is 0.600. The van der Waals surface area contributed by atoms with Crippen molar-refractivity contribution in [3.05, 3.63) is 65.5 Å². The van der Waals surface area contributed by atoms with Gasteiger partial charge in [0, 0.05) is 11.9 Å². The van der Waals surface area contributed by atoms with Crippen molar-refractivity contribution < 1.29 is 12.8 Å². The van der Waals surface area contributed by atoms with E-state index in [9.17, 15) is 12.8 Å². The zero-order valence-electron chi connectivity index (χ0n) is 12.7. The van der Waals surface area contributed by atoms with Crippen LogP contribution < -0.4 is 11.1 Å². The van der Waals surface area contributed by atoms with Crippen molar-refractivity contribution in [1.29, 1.82) is 0 Å². The molecule has 0 aliphatic heterocycles. The lowest BCUT2D eigenvalue weighted by atomic mass is 10.1. The lowest BCUT2D eigenvalue weighted by Crippen LogP contribution is -2.22. The Balaban J connectivity index is 2.15. The summed E-state index contributed by atoms with van der Waals surface area (Å²) < 4.78 is 36.3. The number of nitrogens with one attached hydrogen (secondary N) is 1. The van der Waals surface area contributed by atoms with Crippen molar-refractivity contribution in [3.8, 4) is 0 Å². The fraction of sp³-hybridized carbons (Fsp3) is 0.188. The molecule has 0 aliphatic rings. The van der Waals surface area contributed by atoms with Gasteiger partial charge in [-0.05, 0) is 35.4 Å². The Bertz CT molecular complexity index is 805. The van der Waals surface area contributed by atoms with Crippen LogP contribution in [0.1, 0.15) is 11.1 Å². The van der Waals surface area contributed by atoms with E-state index in [0.717, 1.165) is 11.9 Å². The van der Waals surface area contributed by atoms with Gasteiger partial charge in [-0.15, -0.1) is 0 Å². The maximum Gasteiger partial charge on any atom is 0.193 e. The molecular formula is C16H18FN3O2S. The summed E-state index contributed by atoms with van der Waals surface area (Å²) in [6.07, 6.45) is 1.13. The third-order valence-corrected chi connectivity index (χ3v) is 3.89. The summed E-state index contributed by atoms with van der Waals surface area (Å²) in [5.41, 5.74) is 7.59. The Morgan fingerprint density at radius 1 is 1.17 bits per heavy atom. The van der Waals surface area contributed by atoms with Gasteiger partial charge < -0.3 is 11.1 Å². The molecule has 5 nitrogen and oxygen atoms in total. The predicted molar refractivity (Wildman–Crippen MR) is 90.3 cm³/mol. The molecule has 0 aromatic heterocycles. The molecule has 0 aliphatic carbocycles. The van der Waals surface area contributed by atoms with Gasteiger partial charge in [0.1, 0.15) is 5.82 Å². The van der Waals surface area contributed by atoms with Crippen molar-refractivity contribution in [2.75, 3.05) is 11.6 Å². The van der Waals surface area contributed by atoms with Crippen molar-refractivity contribution in [2.45, 2.75) is 12.3 Å². The van der Waals surface area contributed by atoms with Gasteiger partial charge in [0.15, 0.2) is 15.8 Å². The minimum Gasteiger partial charge on any atom is -0.370 e. The molecule has 0 atom stereocenters. The molecule has 0 saturated carbocycles. The molecule has 0 heterocycles. The smallest absolute Gasteiger partial charge is 0.193 e. The van der Waals surface area contributed by atoms with Crippen LogP contribution in [0.4, 0.5) is 10.1 Å². The van der Waals surface area contributed by atoms with E-state index >= 15 is 0 Å². The molecule has 23 heavy (non-hydrogen) atoms. The standard InChI is InChI=1S/C16H18FN3O2S/c1-23(21,22)11-12-7-8-14(17)9-13(12)10-19-16(18)20-15-5-3-2-4-6-15/h2-9H,10-11H2,1H3,(H3,18,19,20). The summed E-state index contributed by atoms with van der Waals surface area (Å²) in [5.74, 6) is -0.433. The minimum absolute atomic E-state index is 0.0915. The average molecular weight is 335 g/mol. The third-order valence-electron chi connectivity index (χ3n) is 3.05. The Morgan fingerprint density at radius 3 is 2.52 bits per heavy atom. The van der Waals surface area contributed by atoms with E-state index in [2.05, 4.69) is 10.3 Å². The van der Waals surface area contributed by atoms with E-state index in [1.165, 1.54) is 18.2 Å². The van der Waals surface area contributed by atoms with Crippen LogP contribution in [0.15, 0.2) is 53.5 Å². The van der Waals surface area contributed by atoms with E-state index in [0.29, 0.717) is 11.1 Å². The second-order valence-corrected chi connectivity index (χ2v) is 7.32. The molecule has 0 bridgehead atoms. The maximum atomic E-state index is 13.4. The summed E-state index contributed by atoms with van der Waals surface area (Å²) in [5, 5.41) is 2.91. The first-order valence-corrected chi connectivity index (χ1v) is 8.96. The molecule has 122 valence electrons. The number of anilines is 1. The van der Waals surface area contributed by atoms with Gasteiger partial charge in [-0.3, -0.25) is 0 Å². The van der Waals surface area contributed by atoms with E-state index in [1.807, 2.05) is 30.3 Å². The molecule has 2 aromatic carbocycles. The number of sulfone groups is 1. The fourth-order valence-electron chi connectivity index (χ4n) is 2.04. The third kappa shape index (κ3) is 5.71. The van der Waals surface area contributed by atoms with Crippen LogP contribution in [-0.4, -0.2) is 20.6 Å². The number of benzene rings is 2. The second kappa shape index (κ2) is 7.23. The lowest BCUT2D eigenvalue weighted by Gasteiger charge is -2.09. The number of hydrogen-bond acceptors (Lipinski definition) is 3. The Labute approximate surface area is 135 Å². The van der Waals surface area contributed by atoms with Gasteiger partial charge in [0.2, 0.25) is 0 Å². The molecule has 3 N–H and O–H groups in total. The van der Waals surface area contributed by atoms with Crippen molar-refractivity contribution in [2.24, 2.45) is 10.7 Å². The number of guanidine groups is 1. The number of rotatable bonds is 5. The molecule has 0 spiro atoms. The largest absolute Gasteiger partial charge is 0.370 e. The Morgan fingerprint density at radius 2 is 1.87 bits per heavy atom. The molecule has 0 amide bonds. The number of para-hydroxylation sites is 1. The fourth-order valence-corrected chi connectivity index (χ4v) is 2.89. The Kier molecular flexibility index (Phi) is 5.33. The van der Waals surface area contributed by atoms with E-state index in [-0.39, 0.29) is 18.3 Å². The van der Waals surface area contributed by atoms with E-state index < -0.39 is 15.7 Å². The zero-order valence-corrected chi connectivity index (χ0v) is 13.5. The number of aliphatic imine (C=N–C) groups is 1. The highest BCUT2D eigenvalue weighted by Crippen LogP contribution is 2.15. The molecule has 0 fully saturated rings. The number of halogens is 1. The Hall–Kier alpha value is -2.41. The van der Waals surface area contributed by atoms with Gasteiger partial charge in [-0.1, -0.05) is 24.3 Å². The first kappa shape index (κ1) is 17.0. The van der Waals surface area contributed by atoms with Gasteiger partial charge >= 0.3 is 0 Å². The predicted octanol–water partition coefficient (Wildman–Crippen LogP) is 2.30. The quantitative estimate of drug-likeness (QED) is 0.648. The monoisotopic (exact) mass is 335 g/mol. The highest BCUT2D eigenvalue weighted by molar-refractivity contribution is 7.89. The van der Waals surface area contributed by atoms with Gasteiger partial charge in [-0.2, -0.15) is 0 Å². The SMILES string of the molecule is CS(=O)(=O)Cc1ccc(F)cc1CN=C(N)Nc1ccccc1. The van der Waals surface area contributed by atoms with Crippen LogP contribution in [0.25, 0.3) is 0 Å². The zero-order chi connectivity index (χ0) is 16.9. The normalized spacial score (nSPS) is 12.2. The van der Waals surface area contributed by atoms with Crippen molar-refractivity contribution >= 4 is 21.5 Å². The minimum atomic E-state index is -3.22. The molecular weight excluding hydrogens is 317 g/mol. The van der Waals surface area contributed by atoms with Gasteiger partial charge in [0.25, 0.3) is 0 Å². The molecule has 0 saturated heterocycles. The van der Waals surface area contributed by atoms with Crippen molar-refractivity contribution in [3.63, 3.8) is 0 Å². The van der Waals surface area contributed by atoms with Crippen LogP contribution >= 0.6 is 0 Å². The summed E-state index contributed by atoms with van der Waals surface area (Å²) in [7, 11) is -3.22. The van der Waals surface area contributed by atoms with E-state index in [4.69, 9.17) is 5.73 Å². The number of nitrogens with zero attached hydrogens (tertiary/aromatic N) is 1. The van der Waals surface area contributed by atoms with Crippen LogP contribution in [0.3, 0.4) is 0 Å². The first-order chi connectivity index (χ1) is 10.8. The molecule has 0 radical (unpaired) electrons. The van der Waals surface area contributed by atoms with Gasteiger partial charge in [-0.25, -0.2) is 17.8 Å². The molecule has 0 unspecified atom stereocenters. The van der Waals surface area contributed by atoms with E-state index in [1.54, 1.807) is 0 Å². The summed E-state index contributed by atoms with van der Waals surface area (Å²) in [4.78, 5) is 4.14.